The summed E-state index contributed by atoms with van der Waals surface area (Å²) in [4.78, 5) is 4.57. The molecule has 6 heteroatoms. The van der Waals surface area contributed by atoms with Crippen LogP contribution in [-0.2, 0) is 16.0 Å². The minimum atomic E-state index is 0.496. The van der Waals surface area contributed by atoms with Crippen LogP contribution in [0.25, 0.3) is 11.0 Å². The van der Waals surface area contributed by atoms with E-state index in [-0.39, 0.29) is 0 Å². The van der Waals surface area contributed by atoms with E-state index in [9.17, 15) is 0 Å². The SMILES string of the molecule is CCCCOCCOCCNC(=NCc1cc2ccccc2o1)NCC. The van der Waals surface area contributed by atoms with Gasteiger partial charge >= 0.3 is 0 Å². The monoisotopic (exact) mass is 361 g/mol. The molecule has 0 aliphatic rings. The quantitative estimate of drug-likeness (QED) is 0.345. The van der Waals surface area contributed by atoms with Gasteiger partial charge in [-0.25, -0.2) is 4.99 Å². The zero-order chi connectivity index (χ0) is 18.5. The van der Waals surface area contributed by atoms with Crippen molar-refractivity contribution in [2.24, 2.45) is 4.99 Å². The molecule has 2 N–H and O–H groups in total. The fourth-order valence-electron chi connectivity index (χ4n) is 2.42. The Bertz CT molecular complexity index is 622. The first-order chi connectivity index (χ1) is 12.8. The fourth-order valence-corrected chi connectivity index (χ4v) is 2.42. The molecule has 0 bridgehead atoms. The largest absolute Gasteiger partial charge is 0.459 e. The summed E-state index contributed by atoms with van der Waals surface area (Å²) in [6, 6.07) is 10.0. The number of unbranched alkanes of at least 4 members (excludes halogenated alkanes) is 1. The van der Waals surface area contributed by atoms with Crippen LogP contribution < -0.4 is 10.6 Å². The molecule has 0 saturated heterocycles. The highest BCUT2D eigenvalue weighted by molar-refractivity contribution is 5.80. The van der Waals surface area contributed by atoms with Crippen LogP contribution in [0.4, 0.5) is 0 Å². The molecule has 2 aromatic rings. The van der Waals surface area contributed by atoms with Crippen molar-refractivity contribution in [3.63, 3.8) is 0 Å². The van der Waals surface area contributed by atoms with Crippen LogP contribution in [0.2, 0.25) is 0 Å². The molecular weight excluding hydrogens is 330 g/mol. The maximum atomic E-state index is 5.79. The first-order valence-corrected chi connectivity index (χ1v) is 9.48. The molecule has 0 atom stereocenters. The number of hydrogen-bond acceptors (Lipinski definition) is 4. The number of furan rings is 1. The lowest BCUT2D eigenvalue weighted by Crippen LogP contribution is -2.39. The Balaban J connectivity index is 1.67. The highest BCUT2D eigenvalue weighted by Gasteiger charge is 2.03. The van der Waals surface area contributed by atoms with Crippen molar-refractivity contribution in [2.45, 2.75) is 33.2 Å². The van der Waals surface area contributed by atoms with Crippen molar-refractivity contribution in [3.05, 3.63) is 36.1 Å². The maximum absolute atomic E-state index is 5.79. The summed E-state index contributed by atoms with van der Waals surface area (Å²) in [5.41, 5.74) is 0.894. The molecule has 1 heterocycles. The van der Waals surface area contributed by atoms with Gasteiger partial charge in [0.2, 0.25) is 0 Å². The van der Waals surface area contributed by atoms with Crippen molar-refractivity contribution in [3.8, 4) is 0 Å². The summed E-state index contributed by atoms with van der Waals surface area (Å²) in [5.74, 6) is 1.61. The molecule has 0 unspecified atom stereocenters. The van der Waals surface area contributed by atoms with E-state index >= 15 is 0 Å². The van der Waals surface area contributed by atoms with E-state index in [4.69, 9.17) is 13.9 Å². The Morgan fingerprint density at radius 2 is 1.85 bits per heavy atom. The van der Waals surface area contributed by atoms with Gasteiger partial charge in [0, 0.05) is 25.1 Å². The molecule has 26 heavy (non-hydrogen) atoms. The van der Waals surface area contributed by atoms with E-state index in [1.54, 1.807) is 0 Å². The van der Waals surface area contributed by atoms with Gasteiger partial charge in [0.05, 0.1) is 19.8 Å². The number of nitrogens with zero attached hydrogens (tertiary/aromatic N) is 1. The lowest BCUT2D eigenvalue weighted by atomic mass is 10.2. The third kappa shape index (κ3) is 7.45. The predicted molar refractivity (Wildman–Crippen MR) is 106 cm³/mol. The number of benzene rings is 1. The number of ether oxygens (including phenoxy) is 2. The number of para-hydroxylation sites is 1. The summed E-state index contributed by atoms with van der Waals surface area (Å²) in [6.45, 7) is 8.91. The predicted octanol–water partition coefficient (Wildman–Crippen LogP) is 3.32. The molecule has 0 spiro atoms. The van der Waals surface area contributed by atoms with Crippen LogP contribution in [0, 0.1) is 0 Å². The topological polar surface area (TPSA) is 68.0 Å². The van der Waals surface area contributed by atoms with Crippen LogP contribution in [0.3, 0.4) is 0 Å². The Kier molecular flexibility index (Phi) is 9.61. The smallest absolute Gasteiger partial charge is 0.191 e. The Morgan fingerprint density at radius 1 is 1.04 bits per heavy atom. The van der Waals surface area contributed by atoms with Crippen LogP contribution in [0.1, 0.15) is 32.4 Å². The maximum Gasteiger partial charge on any atom is 0.191 e. The summed E-state index contributed by atoms with van der Waals surface area (Å²) in [7, 11) is 0. The molecule has 0 fully saturated rings. The number of aliphatic imine (C=N–C) groups is 1. The molecule has 0 aliphatic heterocycles. The Hall–Kier alpha value is -2.05. The number of rotatable bonds is 12. The summed E-state index contributed by atoms with van der Waals surface area (Å²) in [5, 5.41) is 7.60. The van der Waals surface area contributed by atoms with Gasteiger partial charge in [-0.1, -0.05) is 31.5 Å². The molecule has 0 radical (unpaired) electrons. The van der Waals surface area contributed by atoms with Gasteiger partial charge in [0.15, 0.2) is 5.96 Å². The van der Waals surface area contributed by atoms with E-state index in [1.807, 2.05) is 37.3 Å². The van der Waals surface area contributed by atoms with Gasteiger partial charge in [-0.05, 0) is 25.5 Å². The normalized spacial score (nSPS) is 11.8. The molecule has 144 valence electrons. The van der Waals surface area contributed by atoms with Crippen LogP contribution in [-0.4, -0.2) is 45.5 Å². The van der Waals surface area contributed by atoms with Crippen molar-refractivity contribution < 1.29 is 13.9 Å². The summed E-state index contributed by atoms with van der Waals surface area (Å²) in [6.07, 6.45) is 2.26. The van der Waals surface area contributed by atoms with Crippen LogP contribution in [0.15, 0.2) is 39.7 Å². The van der Waals surface area contributed by atoms with Crippen LogP contribution in [0.5, 0.6) is 0 Å². The third-order valence-corrected chi connectivity index (χ3v) is 3.77. The lowest BCUT2D eigenvalue weighted by molar-refractivity contribution is 0.0487. The standard InChI is InChI=1S/C20H31N3O3/c1-3-5-11-24-13-14-25-12-10-22-20(21-4-2)23-16-18-15-17-8-6-7-9-19(17)26-18/h6-9,15H,3-5,10-14,16H2,1-2H3,(H2,21,22,23). The molecule has 1 aromatic carbocycles. The second kappa shape index (κ2) is 12.3. The van der Waals surface area contributed by atoms with E-state index in [0.29, 0.717) is 32.9 Å². The van der Waals surface area contributed by atoms with Gasteiger partial charge < -0.3 is 24.5 Å². The van der Waals surface area contributed by atoms with Gasteiger partial charge in [-0.3, -0.25) is 0 Å². The van der Waals surface area contributed by atoms with Gasteiger partial charge in [-0.15, -0.1) is 0 Å². The van der Waals surface area contributed by atoms with E-state index in [0.717, 1.165) is 48.7 Å². The number of hydrogen-bond donors (Lipinski definition) is 2. The average Bonchev–Trinajstić information content (AvgIpc) is 3.07. The molecule has 1 aromatic heterocycles. The lowest BCUT2D eigenvalue weighted by Gasteiger charge is -2.11. The highest BCUT2D eigenvalue weighted by atomic mass is 16.5. The van der Waals surface area contributed by atoms with Crippen molar-refractivity contribution >= 4 is 16.9 Å². The van der Waals surface area contributed by atoms with Gasteiger partial charge in [-0.2, -0.15) is 0 Å². The first-order valence-electron chi connectivity index (χ1n) is 9.48. The average molecular weight is 361 g/mol. The second-order valence-electron chi connectivity index (χ2n) is 5.95. The molecule has 2 rings (SSSR count). The van der Waals surface area contributed by atoms with E-state index in [2.05, 4.69) is 22.5 Å². The molecule has 0 amide bonds. The van der Waals surface area contributed by atoms with Gasteiger partial charge in [0.25, 0.3) is 0 Å². The first kappa shape index (κ1) is 20.3. The minimum Gasteiger partial charge on any atom is -0.459 e. The van der Waals surface area contributed by atoms with Crippen molar-refractivity contribution in [1.82, 2.24) is 10.6 Å². The van der Waals surface area contributed by atoms with E-state index < -0.39 is 0 Å². The minimum absolute atomic E-state index is 0.496. The number of nitrogens with one attached hydrogen (secondary N) is 2. The molecule has 0 aliphatic carbocycles. The van der Waals surface area contributed by atoms with Gasteiger partial charge in [0.1, 0.15) is 17.9 Å². The Labute approximate surface area is 156 Å². The molecule has 6 nitrogen and oxygen atoms in total. The Morgan fingerprint density at radius 3 is 2.62 bits per heavy atom. The highest BCUT2D eigenvalue weighted by Crippen LogP contribution is 2.19. The number of guanidine groups is 1. The van der Waals surface area contributed by atoms with Crippen molar-refractivity contribution in [1.29, 1.82) is 0 Å². The zero-order valence-electron chi connectivity index (χ0n) is 15.9. The van der Waals surface area contributed by atoms with Crippen molar-refractivity contribution in [2.75, 3.05) is 39.5 Å². The fraction of sp³-hybridized carbons (Fsp3) is 0.550. The third-order valence-electron chi connectivity index (χ3n) is 3.77. The molecule has 0 saturated carbocycles. The molecular formula is C20H31N3O3. The number of fused-ring (bicyclic) bond motifs is 1. The zero-order valence-corrected chi connectivity index (χ0v) is 15.9. The summed E-state index contributed by atoms with van der Waals surface area (Å²) >= 11 is 0. The van der Waals surface area contributed by atoms with Crippen LogP contribution >= 0.6 is 0 Å². The van der Waals surface area contributed by atoms with E-state index in [1.165, 1.54) is 0 Å². The summed E-state index contributed by atoms with van der Waals surface area (Å²) < 4.78 is 16.8. The second-order valence-corrected chi connectivity index (χ2v) is 5.95.